The van der Waals surface area contributed by atoms with Crippen LogP contribution in [0.3, 0.4) is 0 Å². The lowest BCUT2D eigenvalue weighted by Crippen LogP contribution is -2.25. The van der Waals surface area contributed by atoms with Crippen molar-refractivity contribution < 1.29 is 13.9 Å². The Morgan fingerprint density at radius 1 is 1.30 bits per heavy atom. The van der Waals surface area contributed by atoms with Gasteiger partial charge in [0.05, 0.1) is 22.3 Å². The van der Waals surface area contributed by atoms with Crippen molar-refractivity contribution in [2.45, 2.75) is 25.0 Å². The van der Waals surface area contributed by atoms with Crippen LogP contribution in [0.2, 0.25) is 5.02 Å². The minimum atomic E-state index is -0.613. The standard InChI is InChI=1S/C21H21ClFN3O3S/c1-2-29-11-5-10-26-20(28)15-6-3-4-7-17(15)25-21(26)30-13-19(27)24-18-9-8-14(22)12-16(18)23/h3-4,6-9,12H,2,5,10-11,13H2,1H3,(H,24,27). The van der Waals surface area contributed by atoms with Gasteiger partial charge in [-0.15, -0.1) is 0 Å². The van der Waals surface area contributed by atoms with Crippen LogP contribution in [0.15, 0.2) is 52.4 Å². The molecular weight excluding hydrogens is 429 g/mol. The molecule has 0 atom stereocenters. The molecular formula is C21H21ClFN3O3S. The van der Waals surface area contributed by atoms with Gasteiger partial charge in [0.2, 0.25) is 5.91 Å². The van der Waals surface area contributed by atoms with E-state index in [1.54, 1.807) is 28.8 Å². The number of para-hydroxylation sites is 1. The normalized spacial score (nSPS) is 11.0. The van der Waals surface area contributed by atoms with Crippen molar-refractivity contribution in [3.8, 4) is 0 Å². The molecule has 0 saturated heterocycles. The second kappa shape index (κ2) is 10.6. The number of aromatic nitrogens is 2. The van der Waals surface area contributed by atoms with Crippen LogP contribution in [0, 0.1) is 5.82 Å². The van der Waals surface area contributed by atoms with Gasteiger partial charge in [-0.05, 0) is 43.7 Å². The number of carbonyl (C=O) groups excluding carboxylic acids is 1. The van der Waals surface area contributed by atoms with Crippen LogP contribution in [0.1, 0.15) is 13.3 Å². The molecule has 158 valence electrons. The van der Waals surface area contributed by atoms with Crippen molar-refractivity contribution in [3.63, 3.8) is 0 Å². The van der Waals surface area contributed by atoms with Gasteiger partial charge in [-0.3, -0.25) is 14.2 Å². The van der Waals surface area contributed by atoms with E-state index in [0.29, 0.717) is 42.2 Å². The van der Waals surface area contributed by atoms with Crippen molar-refractivity contribution in [2.24, 2.45) is 0 Å². The summed E-state index contributed by atoms with van der Waals surface area (Å²) in [7, 11) is 0. The highest BCUT2D eigenvalue weighted by molar-refractivity contribution is 7.99. The number of nitrogens with one attached hydrogen (secondary N) is 1. The number of carbonyl (C=O) groups is 1. The van der Waals surface area contributed by atoms with E-state index < -0.39 is 11.7 Å². The number of amides is 1. The van der Waals surface area contributed by atoms with Gasteiger partial charge in [0.25, 0.3) is 5.56 Å². The molecule has 0 fully saturated rings. The number of ether oxygens (including phenoxy) is 1. The van der Waals surface area contributed by atoms with Gasteiger partial charge in [0.1, 0.15) is 5.82 Å². The summed E-state index contributed by atoms with van der Waals surface area (Å²) in [4.78, 5) is 29.8. The third-order valence-electron chi connectivity index (χ3n) is 4.24. The third-order valence-corrected chi connectivity index (χ3v) is 5.45. The Balaban J connectivity index is 1.77. The number of halogens is 2. The summed E-state index contributed by atoms with van der Waals surface area (Å²) in [6.45, 7) is 3.46. The summed E-state index contributed by atoms with van der Waals surface area (Å²) in [6, 6.07) is 11.1. The van der Waals surface area contributed by atoms with Gasteiger partial charge in [0.15, 0.2) is 5.16 Å². The number of rotatable bonds is 9. The molecule has 9 heteroatoms. The molecule has 1 N–H and O–H groups in total. The van der Waals surface area contributed by atoms with E-state index in [1.165, 1.54) is 12.1 Å². The smallest absolute Gasteiger partial charge is 0.262 e. The van der Waals surface area contributed by atoms with Crippen molar-refractivity contribution >= 4 is 45.9 Å². The van der Waals surface area contributed by atoms with Crippen molar-refractivity contribution in [2.75, 3.05) is 24.3 Å². The van der Waals surface area contributed by atoms with Crippen molar-refractivity contribution in [1.29, 1.82) is 0 Å². The summed E-state index contributed by atoms with van der Waals surface area (Å²) in [5.74, 6) is -1.06. The number of anilines is 1. The minimum Gasteiger partial charge on any atom is -0.382 e. The van der Waals surface area contributed by atoms with E-state index in [0.717, 1.165) is 17.8 Å². The van der Waals surface area contributed by atoms with Crippen molar-refractivity contribution in [3.05, 3.63) is 63.7 Å². The summed E-state index contributed by atoms with van der Waals surface area (Å²) >= 11 is 6.86. The van der Waals surface area contributed by atoms with E-state index in [4.69, 9.17) is 16.3 Å². The van der Waals surface area contributed by atoms with E-state index >= 15 is 0 Å². The van der Waals surface area contributed by atoms with Gasteiger partial charge >= 0.3 is 0 Å². The second-order valence-electron chi connectivity index (χ2n) is 6.38. The van der Waals surface area contributed by atoms with Crippen molar-refractivity contribution in [1.82, 2.24) is 9.55 Å². The predicted octanol–water partition coefficient (Wildman–Crippen LogP) is 4.35. The Bertz CT molecular complexity index is 1110. The Labute approximate surface area is 182 Å². The lowest BCUT2D eigenvalue weighted by Gasteiger charge is -2.13. The zero-order valence-electron chi connectivity index (χ0n) is 16.4. The highest BCUT2D eigenvalue weighted by Gasteiger charge is 2.14. The topological polar surface area (TPSA) is 73.2 Å². The SMILES string of the molecule is CCOCCCn1c(SCC(=O)Nc2ccc(Cl)cc2F)nc2ccccc2c1=O. The first-order chi connectivity index (χ1) is 14.5. The number of nitrogens with zero attached hydrogens (tertiary/aromatic N) is 2. The Morgan fingerprint density at radius 3 is 2.87 bits per heavy atom. The number of hydrogen-bond acceptors (Lipinski definition) is 5. The molecule has 0 aliphatic carbocycles. The molecule has 0 radical (unpaired) electrons. The lowest BCUT2D eigenvalue weighted by atomic mass is 10.2. The van der Waals surface area contributed by atoms with E-state index in [1.807, 2.05) is 6.92 Å². The molecule has 1 amide bonds. The summed E-state index contributed by atoms with van der Waals surface area (Å²) in [5, 5.41) is 3.71. The molecule has 3 rings (SSSR count). The fraction of sp³-hybridized carbons (Fsp3) is 0.286. The van der Waals surface area contributed by atoms with Crippen LogP contribution < -0.4 is 10.9 Å². The first-order valence-electron chi connectivity index (χ1n) is 9.44. The second-order valence-corrected chi connectivity index (χ2v) is 7.76. The number of benzene rings is 2. The van der Waals surface area contributed by atoms with Gasteiger partial charge in [-0.25, -0.2) is 9.37 Å². The quantitative estimate of drug-likeness (QED) is 0.299. The fourth-order valence-corrected chi connectivity index (χ4v) is 3.82. The predicted molar refractivity (Wildman–Crippen MR) is 118 cm³/mol. The number of fused-ring (bicyclic) bond motifs is 1. The zero-order valence-corrected chi connectivity index (χ0v) is 17.9. The molecule has 30 heavy (non-hydrogen) atoms. The Kier molecular flexibility index (Phi) is 7.84. The maximum atomic E-state index is 13.9. The molecule has 2 aromatic carbocycles. The molecule has 0 spiro atoms. The molecule has 0 unspecified atom stereocenters. The average Bonchev–Trinajstić information content (AvgIpc) is 2.73. The molecule has 0 bridgehead atoms. The van der Waals surface area contributed by atoms with Gasteiger partial charge in [-0.2, -0.15) is 0 Å². The molecule has 1 aromatic heterocycles. The highest BCUT2D eigenvalue weighted by Crippen LogP contribution is 2.21. The molecule has 1 heterocycles. The monoisotopic (exact) mass is 449 g/mol. The molecule has 6 nitrogen and oxygen atoms in total. The Hall–Kier alpha value is -2.42. The molecule has 0 aliphatic rings. The fourth-order valence-electron chi connectivity index (χ4n) is 2.83. The number of hydrogen-bond donors (Lipinski definition) is 1. The minimum absolute atomic E-state index is 0.0295. The van der Waals surface area contributed by atoms with E-state index in [-0.39, 0.29) is 22.0 Å². The lowest BCUT2D eigenvalue weighted by molar-refractivity contribution is -0.113. The molecule has 0 aliphatic heterocycles. The van der Waals surface area contributed by atoms with Crippen LogP contribution in [-0.4, -0.2) is 34.4 Å². The average molecular weight is 450 g/mol. The number of thioether (sulfide) groups is 1. The highest BCUT2D eigenvalue weighted by atomic mass is 35.5. The molecule has 3 aromatic rings. The van der Waals surface area contributed by atoms with E-state index in [2.05, 4.69) is 10.3 Å². The summed E-state index contributed by atoms with van der Waals surface area (Å²) < 4.78 is 20.8. The van der Waals surface area contributed by atoms with E-state index in [9.17, 15) is 14.0 Å². The summed E-state index contributed by atoms with van der Waals surface area (Å²) in [6.07, 6.45) is 0.642. The summed E-state index contributed by atoms with van der Waals surface area (Å²) in [5.41, 5.74) is 0.449. The maximum Gasteiger partial charge on any atom is 0.262 e. The van der Waals surface area contributed by atoms with Gasteiger partial charge in [0, 0.05) is 24.8 Å². The first kappa shape index (κ1) is 22.3. The molecule has 0 saturated carbocycles. The first-order valence-corrected chi connectivity index (χ1v) is 10.8. The largest absolute Gasteiger partial charge is 0.382 e. The van der Waals surface area contributed by atoms with Gasteiger partial charge in [-0.1, -0.05) is 35.5 Å². The van der Waals surface area contributed by atoms with Crippen LogP contribution in [0.5, 0.6) is 0 Å². The van der Waals surface area contributed by atoms with Crippen LogP contribution in [0.4, 0.5) is 10.1 Å². The van der Waals surface area contributed by atoms with Crippen LogP contribution in [-0.2, 0) is 16.1 Å². The zero-order chi connectivity index (χ0) is 21.5. The van der Waals surface area contributed by atoms with Gasteiger partial charge < -0.3 is 10.1 Å². The Morgan fingerprint density at radius 2 is 2.10 bits per heavy atom. The van der Waals surface area contributed by atoms with Crippen LogP contribution in [0.25, 0.3) is 10.9 Å². The van der Waals surface area contributed by atoms with Crippen LogP contribution >= 0.6 is 23.4 Å². The maximum absolute atomic E-state index is 13.9. The third kappa shape index (κ3) is 5.59.